The van der Waals surface area contributed by atoms with Gasteiger partial charge in [-0.15, -0.1) is 11.8 Å². The third kappa shape index (κ3) is 2.38. The van der Waals surface area contributed by atoms with E-state index in [9.17, 15) is 10.1 Å². The first kappa shape index (κ1) is 12.6. The monoisotopic (exact) mass is 259 g/mol. The van der Waals surface area contributed by atoms with Crippen LogP contribution < -0.4 is 0 Å². The molecule has 3 nitrogen and oxygen atoms in total. The Morgan fingerprint density at radius 2 is 1.89 bits per heavy atom. The molecule has 0 N–H and O–H groups in total. The van der Waals surface area contributed by atoms with E-state index in [2.05, 4.69) is 0 Å². The molecule has 0 fully saturated rings. The molecule has 2 aromatic rings. The Bertz CT molecular complexity index is 596. The molecule has 0 saturated carbocycles. The Balaban J connectivity index is 2.55. The predicted molar refractivity (Wildman–Crippen MR) is 75.1 cm³/mol. The standard InChI is InChI=1S/C14H13NO2S/c1-10-9-11(7-8-14(10)18-2)12-5-3-4-6-13(12)15(16)17/h3-9H,1-2H3. The molecule has 18 heavy (non-hydrogen) atoms. The number of nitro groups is 1. The van der Waals surface area contributed by atoms with Crippen molar-refractivity contribution < 1.29 is 4.92 Å². The van der Waals surface area contributed by atoms with E-state index in [1.54, 1.807) is 23.9 Å². The summed E-state index contributed by atoms with van der Waals surface area (Å²) >= 11 is 1.68. The van der Waals surface area contributed by atoms with Crippen LogP contribution in [0.2, 0.25) is 0 Å². The Morgan fingerprint density at radius 3 is 2.50 bits per heavy atom. The van der Waals surface area contributed by atoms with E-state index in [1.807, 2.05) is 37.4 Å². The summed E-state index contributed by atoms with van der Waals surface area (Å²) in [4.78, 5) is 11.9. The fourth-order valence-electron chi connectivity index (χ4n) is 1.92. The molecule has 2 aromatic carbocycles. The van der Waals surface area contributed by atoms with Crippen molar-refractivity contribution in [2.75, 3.05) is 6.26 Å². The largest absolute Gasteiger partial charge is 0.277 e. The zero-order valence-corrected chi connectivity index (χ0v) is 11.0. The molecule has 2 rings (SSSR count). The molecular weight excluding hydrogens is 246 g/mol. The second-order valence-corrected chi connectivity index (χ2v) is 4.81. The van der Waals surface area contributed by atoms with Gasteiger partial charge in [-0.1, -0.05) is 24.3 Å². The van der Waals surface area contributed by atoms with Gasteiger partial charge in [0.25, 0.3) is 5.69 Å². The van der Waals surface area contributed by atoms with Gasteiger partial charge in [0.2, 0.25) is 0 Å². The molecule has 0 aromatic heterocycles. The van der Waals surface area contributed by atoms with Crippen LogP contribution in [-0.4, -0.2) is 11.2 Å². The molecule has 0 aliphatic rings. The molecule has 0 atom stereocenters. The van der Waals surface area contributed by atoms with Crippen LogP contribution in [0.15, 0.2) is 47.4 Å². The van der Waals surface area contributed by atoms with Crippen LogP contribution in [-0.2, 0) is 0 Å². The lowest BCUT2D eigenvalue weighted by Gasteiger charge is -2.07. The van der Waals surface area contributed by atoms with Crippen LogP contribution in [0, 0.1) is 17.0 Å². The molecule has 0 aliphatic carbocycles. The quantitative estimate of drug-likeness (QED) is 0.469. The highest BCUT2D eigenvalue weighted by molar-refractivity contribution is 7.98. The summed E-state index contributed by atoms with van der Waals surface area (Å²) in [5.41, 5.74) is 2.84. The molecule has 0 heterocycles. The highest BCUT2D eigenvalue weighted by Gasteiger charge is 2.14. The van der Waals surface area contributed by atoms with Gasteiger partial charge in [0.05, 0.1) is 10.5 Å². The number of rotatable bonds is 3. The van der Waals surface area contributed by atoms with Crippen molar-refractivity contribution in [3.05, 3.63) is 58.1 Å². The fraction of sp³-hybridized carbons (Fsp3) is 0.143. The molecule has 0 bridgehead atoms. The fourth-order valence-corrected chi connectivity index (χ4v) is 2.51. The maximum Gasteiger partial charge on any atom is 0.277 e. The van der Waals surface area contributed by atoms with E-state index < -0.39 is 0 Å². The van der Waals surface area contributed by atoms with Gasteiger partial charge in [0, 0.05) is 11.0 Å². The lowest BCUT2D eigenvalue weighted by Crippen LogP contribution is -1.92. The normalized spacial score (nSPS) is 10.3. The van der Waals surface area contributed by atoms with E-state index >= 15 is 0 Å². The Hall–Kier alpha value is -1.81. The molecule has 0 saturated heterocycles. The number of nitrogens with zero attached hydrogens (tertiary/aromatic N) is 1. The van der Waals surface area contributed by atoms with Crippen LogP contribution in [0.3, 0.4) is 0 Å². The molecule has 0 radical (unpaired) electrons. The predicted octanol–water partition coefficient (Wildman–Crippen LogP) is 4.29. The van der Waals surface area contributed by atoms with Crippen molar-refractivity contribution in [2.24, 2.45) is 0 Å². The van der Waals surface area contributed by atoms with Gasteiger partial charge in [0.15, 0.2) is 0 Å². The van der Waals surface area contributed by atoms with E-state index in [0.29, 0.717) is 5.56 Å². The first-order valence-electron chi connectivity index (χ1n) is 5.52. The Labute approximate surface area is 110 Å². The van der Waals surface area contributed by atoms with Gasteiger partial charge in [-0.25, -0.2) is 0 Å². The van der Waals surface area contributed by atoms with Crippen molar-refractivity contribution in [3.63, 3.8) is 0 Å². The first-order chi connectivity index (χ1) is 8.63. The average molecular weight is 259 g/mol. The van der Waals surface area contributed by atoms with Gasteiger partial charge < -0.3 is 0 Å². The number of para-hydroxylation sites is 1. The minimum Gasteiger partial charge on any atom is -0.258 e. The van der Waals surface area contributed by atoms with Crippen molar-refractivity contribution in [2.45, 2.75) is 11.8 Å². The third-order valence-corrected chi connectivity index (χ3v) is 3.70. The SMILES string of the molecule is CSc1ccc(-c2ccccc2[N+](=O)[O-])cc1C. The highest BCUT2D eigenvalue weighted by atomic mass is 32.2. The summed E-state index contributed by atoms with van der Waals surface area (Å²) in [5.74, 6) is 0. The second kappa shape index (κ2) is 5.23. The van der Waals surface area contributed by atoms with Crippen molar-refractivity contribution >= 4 is 17.4 Å². The summed E-state index contributed by atoms with van der Waals surface area (Å²) in [6.07, 6.45) is 2.02. The number of thioether (sulfide) groups is 1. The van der Waals surface area contributed by atoms with Crippen LogP contribution >= 0.6 is 11.8 Å². The Morgan fingerprint density at radius 1 is 1.17 bits per heavy atom. The topological polar surface area (TPSA) is 43.1 Å². The van der Waals surface area contributed by atoms with Gasteiger partial charge in [0.1, 0.15) is 0 Å². The summed E-state index contributed by atoms with van der Waals surface area (Å²) in [5, 5.41) is 11.0. The van der Waals surface area contributed by atoms with Gasteiger partial charge in [-0.3, -0.25) is 10.1 Å². The maximum absolute atomic E-state index is 11.0. The lowest BCUT2D eigenvalue weighted by atomic mass is 10.0. The maximum atomic E-state index is 11.0. The van der Waals surface area contributed by atoms with Crippen LogP contribution in [0.25, 0.3) is 11.1 Å². The number of nitro benzene ring substituents is 1. The first-order valence-corrected chi connectivity index (χ1v) is 6.74. The minimum absolute atomic E-state index is 0.147. The molecule has 4 heteroatoms. The van der Waals surface area contributed by atoms with E-state index in [4.69, 9.17) is 0 Å². The zero-order chi connectivity index (χ0) is 13.1. The Kier molecular flexibility index (Phi) is 3.67. The van der Waals surface area contributed by atoms with Crippen LogP contribution in [0.5, 0.6) is 0 Å². The summed E-state index contributed by atoms with van der Waals surface area (Å²) < 4.78 is 0. The summed E-state index contributed by atoms with van der Waals surface area (Å²) in [6.45, 7) is 2.02. The summed E-state index contributed by atoms with van der Waals surface area (Å²) in [6, 6.07) is 12.8. The van der Waals surface area contributed by atoms with E-state index in [1.165, 1.54) is 11.0 Å². The summed E-state index contributed by atoms with van der Waals surface area (Å²) in [7, 11) is 0. The third-order valence-electron chi connectivity index (χ3n) is 2.81. The molecule has 0 unspecified atom stereocenters. The van der Waals surface area contributed by atoms with Crippen molar-refractivity contribution in [1.29, 1.82) is 0 Å². The van der Waals surface area contributed by atoms with Crippen molar-refractivity contribution in [1.82, 2.24) is 0 Å². The average Bonchev–Trinajstić information content (AvgIpc) is 2.38. The molecule has 0 amide bonds. The van der Waals surface area contributed by atoms with Crippen molar-refractivity contribution in [3.8, 4) is 11.1 Å². The van der Waals surface area contributed by atoms with Gasteiger partial charge in [-0.2, -0.15) is 0 Å². The minimum atomic E-state index is -0.340. The zero-order valence-electron chi connectivity index (χ0n) is 10.2. The molecule has 92 valence electrons. The molecule has 0 aliphatic heterocycles. The number of hydrogen-bond donors (Lipinski definition) is 0. The van der Waals surface area contributed by atoms with Gasteiger partial charge >= 0.3 is 0 Å². The second-order valence-electron chi connectivity index (χ2n) is 3.96. The van der Waals surface area contributed by atoms with E-state index in [0.717, 1.165) is 11.1 Å². The number of aryl methyl sites for hydroxylation is 1. The van der Waals surface area contributed by atoms with Crippen LogP contribution in [0.1, 0.15) is 5.56 Å². The number of hydrogen-bond acceptors (Lipinski definition) is 3. The van der Waals surface area contributed by atoms with Crippen LogP contribution in [0.4, 0.5) is 5.69 Å². The van der Waals surface area contributed by atoms with Gasteiger partial charge in [-0.05, 0) is 36.4 Å². The highest BCUT2D eigenvalue weighted by Crippen LogP contribution is 2.32. The lowest BCUT2D eigenvalue weighted by molar-refractivity contribution is -0.384. The number of benzene rings is 2. The molecule has 0 spiro atoms. The van der Waals surface area contributed by atoms with E-state index in [-0.39, 0.29) is 10.6 Å². The molecular formula is C14H13NO2S. The smallest absolute Gasteiger partial charge is 0.258 e.